The van der Waals surface area contributed by atoms with Crippen LogP contribution in [0.25, 0.3) is 11.3 Å². The summed E-state index contributed by atoms with van der Waals surface area (Å²) in [5, 5.41) is 5.80. The number of benzene rings is 1. The largest absolute Gasteiger partial charge is 0.352 e. The van der Waals surface area contributed by atoms with Crippen LogP contribution in [0.5, 0.6) is 0 Å². The summed E-state index contributed by atoms with van der Waals surface area (Å²) in [5.74, 6) is -0.159. The standard InChI is InChI=1S/C18H16FN5O/c19-15-5-3-13(4-6-15)17(25)21-10-11-23-18-22-9-7-16(24-18)14-2-1-8-20-12-14/h1-9,12H,10-11H2,(H,21,25)(H,22,23,24). The van der Waals surface area contributed by atoms with Gasteiger partial charge in [-0.2, -0.15) is 0 Å². The van der Waals surface area contributed by atoms with Gasteiger partial charge >= 0.3 is 0 Å². The van der Waals surface area contributed by atoms with Gasteiger partial charge in [0.2, 0.25) is 5.95 Å². The maximum absolute atomic E-state index is 12.8. The third-order valence-electron chi connectivity index (χ3n) is 3.41. The molecule has 1 amide bonds. The van der Waals surface area contributed by atoms with Crippen molar-refractivity contribution < 1.29 is 9.18 Å². The molecule has 0 radical (unpaired) electrons. The lowest BCUT2D eigenvalue weighted by Crippen LogP contribution is -2.29. The molecule has 2 heterocycles. The number of nitrogens with zero attached hydrogens (tertiary/aromatic N) is 3. The molecule has 0 saturated carbocycles. The van der Waals surface area contributed by atoms with Crippen molar-refractivity contribution in [1.29, 1.82) is 0 Å². The van der Waals surface area contributed by atoms with Crippen LogP contribution in [-0.4, -0.2) is 33.9 Å². The Hall–Kier alpha value is -3.35. The van der Waals surface area contributed by atoms with Crippen molar-refractivity contribution in [1.82, 2.24) is 20.3 Å². The number of carbonyl (C=O) groups is 1. The Morgan fingerprint density at radius 2 is 1.88 bits per heavy atom. The molecular formula is C18H16FN5O. The monoisotopic (exact) mass is 337 g/mol. The minimum Gasteiger partial charge on any atom is -0.352 e. The maximum Gasteiger partial charge on any atom is 0.251 e. The normalized spacial score (nSPS) is 10.3. The summed E-state index contributed by atoms with van der Waals surface area (Å²) in [4.78, 5) is 24.5. The van der Waals surface area contributed by atoms with Gasteiger partial charge in [-0.25, -0.2) is 14.4 Å². The molecule has 0 aliphatic heterocycles. The topological polar surface area (TPSA) is 79.8 Å². The fourth-order valence-electron chi connectivity index (χ4n) is 2.17. The van der Waals surface area contributed by atoms with Crippen LogP contribution in [0.4, 0.5) is 10.3 Å². The first kappa shape index (κ1) is 16.5. The van der Waals surface area contributed by atoms with E-state index in [1.54, 1.807) is 24.7 Å². The van der Waals surface area contributed by atoms with Crippen LogP contribution >= 0.6 is 0 Å². The molecule has 7 heteroatoms. The van der Waals surface area contributed by atoms with E-state index >= 15 is 0 Å². The SMILES string of the molecule is O=C(NCCNc1nccc(-c2cccnc2)n1)c1ccc(F)cc1. The van der Waals surface area contributed by atoms with Gasteiger partial charge < -0.3 is 10.6 Å². The Kier molecular flexibility index (Phi) is 5.26. The lowest BCUT2D eigenvalue weighted by Gasteiger charge is -2.08. The Morgan fingerprint density at radius 3 is 2.64 bits per heavy atom. The summed E-state index contributed by atoms with van der Waals surface area (Å²) in [6.07, 6.45) is 5.09. The molecule has 0 bridgehead atoms. The minimum absolute atomic E-state index is 0.258. The molecule has 3 aromatic rings. The average molecular weight is 337 g/mol. The summed E-state index contributed by atoms with van der Waals surface area (Å²) in [6, 6.07) is 11.0. The number of pyridine rings is 1. The second kappa shape index (κ2) is 7.96. The average Bonchev–Trinajstić information content (AvgIpc) is 2.66. The molecule has 126 valence electrons. The van der Waals surface area contributed by atoms with Gasteiger partial charge in [0, 0.05) is 42.8 Å². The predicted molar refractivity (Wildman–Crippen MR) is 92.5 cm³/mol. The van der Waals surface area contributed by atoms with E-state index in [2.05, 4.69) is 25.6 Å². The first-order valence-corrected chi connectivity index (χ1v) is 7.73. The Morgan fingerprint density at radius 1 is 1.04 bits per heavy atom. The fourth-order valence-corrected chi connectivity index (χ4v) is 2.17. The smallest absolute Gasteiger partial charge is 0.251 e. The lowest BCUT2D eigenvalue weighted by atomic mass is 10.2. The number of rotatable bonds is 6. The van der Waals surface area contributed by atoms with Crippen LogP contribution in [-0.2, 0) is 0 Å². The predicted octanol–water partition coefficient (Wildman–Crippen LogP) is 2.52. The van der Waals surface area contributed by atoms with E-state index in [4.69, 9.17) is 0 Å². The molecule has 0 spiro atoms. The lowest BCUT2D eigenvalue weighted by molar-refractivity contribution is 0.0955. The Labute approximate surface area is 144 Å². The van der Waals surface area contributed by atoms with Crippen LogP contribution < -0.4 is 10.6 Å². The van der Waals surface area contributed by atoms with Crippen LogP contribution in [0.15, 0.2) is 61.1 Å². The first-order valence-electron chi connectivity index (χ1n) is 7.73. The Balaban J connectivity index is 1.51. The minimum atomic E-state index is -0.371. The summed E-state index contributed by atoms with van der Waals surface area (Å²) < 4.78 is 12.8. The third-order valence-corrected chi connectivity index (χ3v) is 3.41. The summed E-state index contributed by atoms with van der Waals surface area (Å²) in [5.41, 5.74) is 2.08. The molecule has 6 nitrogen and oxygen atoms in total. The number of hydrogen-bond donors (Lipinski definition) is 2. The highest BCUT2D eigenvalue weighted by molar-refractivity contribution is 5.94. The van der Waals surface area contributed by atoms with Gasteiger partial charge in [-0.05, 0) is 42.5 Å². The molecule has 0 aliphatic carbocycles. The summed E-state index contributed by atoms with van der Waals surface area (Å²) in [6.45, 7) is 0.847. The van der Waals surface area contributed by atoms with E-state index in [-0.39, 0.29) is 11.7 Å². The van der Waals surface area contributed by atoms with Gasteiger partial charge in [0.15, 0.2) is 0 Å². The molecule has 25 heavy (non-hydrogen) atoms. The molecule has 1 aromatic carbocycles. The number of amides is 1. The third kappa shape index (κ3) is 4.57. The van der Waals surface area contributed by atoms with E-state index in [0.717, 1.165) is 11.3 Å². The number of nitrogens with one attached hydrogen (secondary N) is 2. The zero-order chi connectivity index (χ0) is 17.5. The molecule has 0 aliphatic rings. The summed E-state index contributed by atoms with van der Waals surface area (Å²) >= 11 is 0. The van der Waals surface area contributed by atoms with E-state index < -0.39 is 0 Å². The van der Waals surface area contributed by atoms with Crippen molar-refractivity contribution in [2.24, 2.45) is 0 Å². The molecule has 0 unspecified atom stereocenters. The fraction of sp³-hybridized carbons (Fsp3) is 0.111. The molecule has 2 N–H and O–H groups in total. The van der Waals surface area contributed by atoms with Crippen molar-refractivity contribution >= 4 is 11.9 Å². The van der Waals surface area contributed by atoms with Crippen LogP contribution in [0.1, 0.15) is 10.4 Å². The van der Waals surface area contributed by atoms with Crippen molar-refractivity contribution in [2.45, 2.75) is 0 Å². The Bertz CT molecular complexity index is 840. The van der Waals surface area contributed by atoms with Gasteiger partial charge in [0.05, 0.1) is 5.69 Å². The number of anilines is 1. The highest BCUT2D eigenvalue weighted by atomic mass is 19.1. The quantitative estimate of drug-likeness (QED) is 0.676. The number of aromatic nitrogens is 3. The second-order valence-electron chi connectivity index (χ2n) is 5.20. The zero-order valence-corrected chi connectivity index (χ0v) is 13.3. The van der Waals surface area contributed by atoms with Gasteiger partial charge in [-0.1, -0.05) is 0 Å². The molecule has 2 aromatic heterocycles. The van der Waals surface area contributed by atoms with Crippen LogP contribution in [0.3, 0.4) is 0 Å². The van der Waals surface area contributed by atoms with Crippen molar-refractivity contribution in [3.63, 3.8) is 0 Å². The summed E-state index contributed by atoms with van der Waals surface area (Å²) in [7, 11) is 0. The molecule has 0 fully saturated rings. The van der Waals surface area contributed by atoms with Gasteiger partial charge in [-0.3, -0.25) is 9.78 Å². The van der Waals surface area contributed by atoms with Gasteiger partial charge in [0.25, 0.3) is 5.91 Å². The van der Waals surface area contributed by atoms with E-state index in [0.29, 0.717) is 24.6 Å². The molecule has 0 saturated heterocycles. The molecule has 0 atom stereocenters. The van der Waals surface area contributed by atoms with Crippen LogP contribution in [0, 0.1) is 5.82 Å². The van der Waals surface area contributed by atoms with E-state index in [1.165, 1.54) is 24.3 Å². The first-order chi connectivity index (χ1) is 12.2. The van der Waals surface area contributed by atoms with Crippen LogP contribution in [0.2, 0.25) is 0 Å². The zero-order valence-electron chi connectivity index (χ0n) is 13.3. The number of hydrogen-bond acceptors (Lipinski definition) is 5. The number of halogens is 1. The van der Waals surface area contributed by atoms with Gasteiger partial charge in [0.1, 0.15) is 5.82 Å². The number of carbonyl (C=O) groups excluding carboxylic acids is 1. The highest BCUT2D eigenvalue weighted by Crippen LogP contribution is 2.15. The van der Waals surface area contributed by atoms with E-state index in [1.807, 2.05) is 12.1 Å². The highest BCUT2D eigenvalue weighted by Gasteiger charge is 2.05. The molecular weight excluding hydrogens is 321 g/mol. The van der Waals surface area contributed by atoms with E-state index in [9.17, 15) is 9.18 Å². The van der Waals surface area contributed by atoms with Crippen molar-refractivity contribution in [3.05, 3.63) is 72.4 Å². The second-order valence-corrected chi connectivity index (χ2v) is 5.20. The molecule has 3 rings (SSSR count). The van der Waals surface area contributed by atoms with Crippen molar-refractivity contribution in [2.75, 3.05) is 18.4 Å². The van der Waals surface area contributed by atoms with Crippen molar-refractivity contribution in [3.8, 4) is 11.3 Å². The van der Waals surface area contributed by atoms with Gasteiger partial charge in [-0.15, -0.1) is 0 Å². The maximum atomic E-state index is 12.8.